The van der Waals surface area contributed by atoms with Crippen molar-refractivity contribution in [3.05, 3.63) is 63.7 Å². The van der Waals surface area contributed by atoms with E-state index in [4.69, 9.17) is 9.15 Å². The van der Waals surface area contributed by atoms with Crippen molar-refractivity contribution in [3.8, 4) is 10.6 Å². The number of furan rings is 1. The van der Waals surface area contributed by atoms with Gasteiger partial charge in [0.1, 0.15) is 17.4 Å². The molecule has 3 rings (SSSR count). The minimum Gasteiger partial charge on any atom is -0.453 e. The Bertz CT molecular complexity index is 797. The molecule has 2 heterocycles. The van der Waals surface area contributed by atoms with Crippen LogP contribution in [0.3, 0.4) is 0 Å². The zero-order chi connectivity index (χ0) is 15.5. The Morgan fingerprint density at radius 3 is 2.73 bits per heavy atom. The van der Waals surface area contributed by atoms with Gasteiger partial charge >= 0.3 is 5.97 Å². The van der Waals surface area contributed by atoms with Gasteiger partial charge in [-0.15, -0.1) is 11.3 Å². The zero-order valence-corrected chi connectivity index (χ0v) is 13.5. The van der Waals surface area contributed by atoms with Crippen LogP contribution in [0.5, 0.6) is 0 Å². The van der Waals surface area contributed by atoms with Crippen LogP contribution in [0.2, 0.25) is 0 Å². The van der Waals surface area contributed by atoms with Gasteiger partial charge in [0.25, 0.3) is 0 Å². The Hall–Kier alpha value is -1.99. The number of rotatable bonds is 4. The number of thiazole rings is 1. The van der Waals surface area contributed by atoms with Crippen LogP contribution in [0.1, 0.15) is 16.2 Å². The summed E-state index contributed by atoms with van der Waals surface area (Å²) in [5.74, 6) is -0.720. The molecule has 0 saturated heterocycles. The van der Waals surface area contributed by atoms with Crippen molar-refractivity contribution in [2.24, 2.45) is 0 Å². The predicted molar refractivity (Wildman–Crippen MR) is 83.0 cm³/mol. The van der Waals surface area contributed by atoms with Gasteiger partial charge in [0.05, 0.1) is 5.69 Å². The van der Waals surface area contributed by atoms with Gasteiger partial charge in [0, 0.05) is 10.9 Å². The lowest BCUT2D eigenvalue weighted by Gasteiger charge is -1.99. The maximum atomic E-state index is 12.9. The van der Waals surface area contributed by atoms with E-state index < -0.39 is 5.97 Å². The molecule has 0 fully saturated rings. The number of ether oxygens (including phenoxy) is 1. The van der Waals surface area contributed by atoms with E-state index in [9.17, 15) is 9.18 Å². The summed E-state index contributed by atoms with van der Waals surface area (Å²) in [6, 6.07) is 9.22. The van der Waals surface area contributed by atoms with E-state index >= 15 is 0 Å². The monoisotopic (exact) mass is 381 g/mol. The Morgan fingerprint density at radius 2 is 2.05 bits per heavy atom. The van der Waals surface area contributed by atoms with Crippen molar-refractivity contribution in [2.45, 2.75) is 6.61 Å². The highest BCUT2D eigenvalue weighted by molar-refractivity contribution is 9.10. The molecule has 0 N–H and O–H groups in total. The number of halogens is 2. The summed E-state index contributed by atoms with van der Waals surface area (Å²) in [6.07, 6.45) is 0. The fraction of sp³-hybridized carbons (Fsp3) is 0.0667. The number of benzene rings is 1. The summed E-state index contributed by atoms with van der Waals surface area (Å²) in [5.41, 5.74) is 1.45. The molecule has 0 amide bonds. The largest absolute Gasteiger partial charge is 0.453 e. The summed E-state index contributed by atoms with van der Waals surface area (Å²) in [4.78, 5) is 16.1. The Balaban J connectivity index is 1.64. The van der Waals surface area contributed by atoms with Gasteiger partial charge in [-0.25, -0.2) is 14.2 Å². The molecular formula is C15H9BrFNO3S. The van der Waals surface area contributed by atoms with Crippen molar-refractivity contribution < 1.29 is 18.3 Å². The van der Waals surface area contributed by atoms with E-state index in [1.807, 2.05) is 0 Å². The quantitative estimate of drug-likeness (QED) is 0.616. The number of nitrogens with zero attached hydrogens (tertiary/aromatic N) is 1. The van der Waals surface area contributed by atoms with E-state index in [0.29, 0.717) is 10.4 Å². The third kappa shape index (κ3) is 3.42. The molecule has 0 spiro atoms. The van der Waals surface area contributed by atoms with Crippen LogP contribution in [-0.2, 0) is 11.3 Å². The lowest BCUT2D eigenvalue weighted by atomic mass is 10.2. The first-order valence-electron chi connectivity index (χ1n) is 6.24. The third-order valence-corrected chi connectivity index (χ3v) is 4.13. The van der Waals surface area contributed by atoms with Gasteiger partial charge in [-0.05, 0) is 52.3 Å². The van der Waals surface area contributed by atoms with Crippen LogP contribution in [0, 0.1) is 5.82 Å². The molecule has 2 aromatic heterocycles. The maximum absolute atomic E-state index is 12.9. The summed E-state index contributed by atoms with van der Waals surface area (Å²) in [6.45, 7) is 0.0504. The molecule has 7 heteroatoms. The minimum absolute atomic E-state index is 0.0504. The average Bonchev–Trinajstić information content (AvgIpc) is 3.15. The molecule has 0 atom stereocenters. The molecule has 22 heavy (non-hydrogen) atoms. The second-order valence-corrected chi connectivity index (χ2v) is 5.97. The average molecular weight is 382 g/mol. The molecule has 4 nitrogen and oxygen atoms in total. The molecule has 0 saturated carbocycles. The van der Waals surface area contributed by atoms with Gasteiger partial charge in [-0.2, -0.15) is 0 Å². The summed E-state index contributed by atoms with van der Waals surface area (Å²) < 4.78 is 23.6. The highest BCUT2D eigenvalue weighted by Gasteiger charge is 2.13. The molecule has 112 valence electrons. The van der Waals surface area contributed by atoms with Crippen LogP contribution in [-0.4, -0.2) is 11.0 Å². The predicted octanol–water partition coefficient (Wildman–Crippen LogP) is 4.66. The smallest absolute Gasteiger partial charge is 0.374 e. The molecule has 0 bridgehead atoms. The van der Waals surface area contributed by atoms with Crippen molar-refractivity contribution in [1.29, 1.82) is 0 Å². The SMILES string of the molecule is O=C(OCc1csc(-c2ccc(F)cc2)n1)c1ccc(Br)o1. The molecule has 0 radical (unpaired) electrons. The van der Waals surface area contributed by atoms with Crippen molar-refractivity contribution >= 4 is 33.2 Å². The highest BCUT2D eigenvalue weighted by Crippen LogP contribution is 2.24. The van der Waals surface area contributed by atoms with Crippen molar-refractivity contribution in [1.82, 2.24) is 4.98 Å². The van der Waals surface area contributed by atoms with Gasteiger partial charge in [0.2, 0.25) is 5.76 Å². The van der Waals surface area contributed by atoms with E-state index in [-0.39, 0.29) is 18.2 Å². The van der Waals surface area contributed by atoms with Gasteiger partial charge in [0.15, 0.2) is 4.67 Å². The molecule has 3 aromatic rings. The first-order valence-corrected chi connectivity index (χ1v) is 7.92. The standard InChI is InChI=1S/C15H9BrFNO3S/c16-13-6-5-12(21-13)15(19)20-7-11-8-22-14(18-11)9-1-3-10(17)4-2-9/h1-6,8H,7H2. The number of hydrogen-bond donors (Lipinski definition) is 0. The number of aromatic nitrogens is 1. The number of hydrogen-bond acceptors (Lipinski definition) is 5. The molecule has 1 aromatic carbocycles. The van der Waals surface area contributed by atoms with E-state index in [2.05, 4.69) is 20.9 Å². The van der Waals surface area contributed by atoms with Crippen molar-refractivity contribution in [2.75, 3.05) is 0 Å². The Kier molecular flexibility index (Phi) is 4.35. The van der Waals surface area contributed by atoms with Crippen LogP contribution in [0.4, 0.5) is 4.39 Å². The fourth-order valence-corrected chi connectivity index (χ4v) is 2.85. The molecular weight excluding hydrogens is 373 g/mol. The van der Waals surface area contributed by atoms with E-state index in [0.717, 1.165) is 10.6 Å². The normalized spacial score (nSPS) is 10.6. The highest BCUT2D eigenvalue weighted by atomic mass is 79.9. The third-order valence-electron chi connectivity index (χ3n) is 2.77. The number of esters is 1. The maximum Gasteiger partial charge on any atom is 0.374 e. The van der Waals surface area contributed by atoms with Crippen LogP contribution in [0.15, 0.2) is 50.9 Å². The number of carbonyl (C=O) groups excluding carboxylic acids is 1. The topological polar surface area (TPSA) is 52.3 Å². The molecule has 0 unspecified atom stereocenters. The first-order chi connectivity index (χ1) is 10.6. The van der Waals surface area contributed by atoms with Crippen molar-refractivity contribution in [3.63, 3.8) is 0 Å². The van der Waals surface area contributed by atoms with Gasteiger partial charge in [-0.3, -0.25) is 0 Å². The second kappa shape index (κ2) is 6.41. The van der Waals surface area contributed by atoms with Crippen LogP contribution < -0.4 is 0 Å². The molecule has 0 aliphatic heterocycles. The Morgan fingerprint density at radius 1 is 1.27 bits per heavy atom. The van der Waals surface area contributed by atoms with Gasteiger partial charge < -0.3 is 9.15 Å². The second-order valence-electron chi connectivity index (χ2n) is 4.33. The lowest BCUT2D eigenvalue weighted by molar-refractivity contribution is 0.0430. The lowest BCUT2D eigenvalue weighted by Crippen LogP contribution is -2.04. The fourth-order valence-electron chi connectivity index (χ4n) is 1.73. The van der Waals surface area contributed by atoms with Crippen LogP contribution >= 0.6 is 27.3 Å². The summed E-state index contributed by atoms with van der Waals surface area (Å²) in [7, 11) is 0. The first kappa shape index (κ1) is 14.9. The summed E-state index contributed by atoms with van der Waals surface area (Å²) >= 11 is 4.52. The van der Waals surface area contributed by atoms with E-state index in [1.165, 1.54) is 29.5 Å². The Labute approximate surface area is 137 Å². The number of carbonyl (C=O) groups is 1. The molecule has 0 aliphatic carbocycles. The van der Waals surface area contributed by atoms with E-state index in [1.54, 1.807) is 23.6 Å². The molecule has 0 aliphatic rings. The van der Waals surface area contributed by atoms with Gasteiger partial charge in [-0.1, -0.05) is 0 Å². The summed E-state index contributed by atoms with van der Waals surface area (Å²) in [5, 5.41) is 2.54. The minimum atomic E-state index is -0.554. The van der Waals surface area contributed by atoms with Crippen LogP contribution in [0.25, 0.3) is 10.6 Å². The zero-order valence-electron chi connectivity index (χ0n) is 11.1.